The van der Waals surface area contributed by atoms with Crippen LogP contribution in [0.4, 0.5) is 10.5 Å². The molecule has 0 spiro atoms. The van der Waals surface area contributed by atoms with Gasteiger partial charge in [0.1, 0.15) is 5.78 Å². The van der Waals surface area contributed by atoms with Gasteiger partial charge in [0.05, 0.1) is 11.6 Å². The predicted octanol–water partition coefficient (Wildman–Crippen LogP) is 3.61. The van der Waals surface area contributed by atoms with Crippen molar-refractivity contribution in [2.75, 3.05) is 18.4 Å². The van der Waals surface area contributed by atoms with Crippen LogP contribution >= 0.6 is 0 Å². The molecule has 0 aliphatic carbocycles. The average Bonchev–Trinajstić information content (AvgIpc) is 2.69. The number of nitrogens with one attached hydrogen (secondary N) is 1. The molecule has 1 saturated heterocycles. The van der Waals surface area contributed by atoms with E-state index in [1.807, 2.05) is 30.3 Å². The van der Waals surface area contributed by atoms with Gasteiger partial charge in [0.25, 0.3) is 0 Å². The lowest BCUT2D eigenvalue weighted by atomic mass is 9.90. The topological polar surface area (TPSA) is 73.2 Å². The second kappa shape index (κ2) is 8.30. The van der Waals surface area contributed by atoms with Crippen LogP contribution in [0.5, 0.6) is 0 Å². The summed E-state index contributed by atoms with van der Waals surface area (Å²) in [5, 5.41) is 11.8. The van der Waals surface area contributed by atoms with Crippen molar-refractivity contribution < 1.29 is 9.59 Å². The molecule has 0 saturated carbocycles. The number of anilines is 1. The Morgan fingerprint density at radius 1 is 1.15 bits per heavy atom. The van der Waals surface area contributed by atoms with Crippen LogP contribution in [0.1, 0.15) is 24.0 Å². The average molecular weight is 347 g/mol. The summed E-state index contributed by atoms with van der Waals surface area (Å²) in [6, 6.07) is 18.3. The van der Waals surface area contributed by atoms with Crippen molar-refractivity contribution in [3.63, 3.8) is 0 Å². The molecule has 1 N–H and O–H groups in total. The van der Waals surface area contributed by atoms with E-state index in [1.54, 1.807) is 29.2 Å². The minimum atomic E-state index is -0.225. The van der Waals surface area contributed by atoms with Crippen molar-refractivity contribution in [3.05, 3.63) is 65.7 Å². The summed E-state index contributed by atoms with van der Waals surface area (Å²) in [6.07, 6.45) is 2.04. The van der Waals surface area contributed by atoms with Crippen LogP contribution in [-0.4, -0.2) is 29.8 Å². The van der Waals surface area contributed by atoms with E-state index in [9.17, 15) is 9.59 Å². The molecule has 2 amide bonds. The number of rotatable bonds is 4. The number of nitrogens with zero attached hydrogens (tertiary/aromatic N) is 2. The first-order valence-electron chi connectivity index (χ1n) is 8.78. The van der Waals surface area contributed by atoms with E-state index in [-0.39, 0.29) is 17.7 Å². The fourth-order valence-corrected chi connectivity index (χ4v) is 3.23. The van der Waals surface area contributed by atoms with Gasteiger partial charge in [-0.05, 0) is 36.6 Å². The smallest absolute Gasteiger partial charge is 0.321 e. The van der Waals surface area contributed by atoms with E-state index < -0.39 is 0 Å². The zero-order valence-corrected chi connectivity index (χ0v) is 14.5. The second-order valence-electron chi connectivity index (χ2n) is 6.54. The number of ketones is 1. The quantitative estimate of drug-likeness (QED) is 0.918. The van der Waals surface area contributed by atoms with Crippen LogP contribution in [0.3, 0.4) is 0 Å². The van der Waals surface area contributed by atoms with Gasteiger partial charge in [-0.3, -0.25) is 4.79 Å². The number of urea groups is 1. The number of carbonyl (C=O) groups excluding carboxylic acids is 2. The molecular weight excluding hydrogens is 326 g/mol. The second-order valence-corrected chi connectivity index (χ2v) is 6.54. The number of piperidine rings is 1. The van der Waals surface area contributed by atoms with Crippen molar-refractivity contribution in [3.8, 4) is 6.07 Å². The van der Waals surface area contributed by atoms with Crippen LogP contribution in [-0.2, 0) is 11.2 Å². The lowest BCUT2D eigenvalue weighted by Crippen LogP contribution is -2.44. The van der Waals surface area contributed by atoms with Gasteiger partial charge in [-0.25, -0.2) is 4.79 Å². The molecule has 1 atom stereocenters. The van der Waals surface area contributed by atoms with Crippen LogP contribution < -0.4 is 5.32 Å². The van der Waals surface area contributed by atoms with Gasteiger partial charge in [0.15, 0.2) is 0 Å². The summed E-state index contributed by atoms with van der Waals surface area (Å²) in [4.78, 5) is 26.8. The number of hydrogen-bond donors (Lipinski definition) is 1. The Morgan fingerprint density at radius 2 is 1.96 bits per heavy atom. The third-order valence-corrected chi connectivity index (χ3v) is 4.63. The summed E-state index contributed by atoms with van der Waals surface area (Å²) >= 11 is 0. The van der Waals surface area contributed by atoms with Crippen molar-refractivity contribution >= 4 is 17.5 Å². The number of carbonyl (C=O) groups is 2. The summed E-state index contributed by atoms with van der Waals surface area (Å²) in [5.41, 5.74) is 2.09. The van der Waals surface area contributed by atoms with E-state index in [1.165, 1.54) is 0 Å². The minimum absolute atomic E-state index is 0.125. The lowest BCUT2D eigenvalue weighted by molar-refractivity contribution is -0.123. The van der Waals surface area contributed by atoms with Crippen LogP contribution in [0.25, 0.3) is 0 Å². The fourth-order valence-electron chi connectivity index (χ4n) is 3.23. The van der Waals surface area contributed by atoms with Gasteiger partial charge in [-0.15, -0.1) is 0 Å². The maximum absolute atomic E-state index is 12.6. The lowest BCUT2D eigenvalue weighted by Gasteiger charge is -2.32. The third-order valence-electron chi connectivity index (χ3n) is 4.63. The number of nitriles is 1. The van der Waals surface area contributed by atoms with E-state index in [2.05, 4.69) is 11.4 Å². The summed E-state index contributed by atoms with van der Waals surface area (Å²) < 4.78 is 0. The maximum atomic E-state index is 12.6. The molecule has 1 unspecified atom stereocenters. The minimum Gasteiger partial charge on any atom is -0.324 e. The molecule has 0 radical (unpaired) electrons. The molecular formula is C21H21N3O2. The first kappa shape index (κ1) is 17.7. The molecule has 1 heterocycles. The molecule has 2 aromatic carbocycles. The monoisotopic (exact) mass is 347 g/mol. The number of benzene rings is 2. The predicted molar refractivity (Wildman–Crippen MR) is 99.6 cm³/mol. The number of amides is 2. The van der Waals surface area contributed by atoms with Gasteiger partial charge in [0, 0.05) is 31.1 Å². The van der Waals surface area contributed by atoms with Crippen LogP contribution in [0, 0.1) is 17.2 Å². The number of likely N-dealkylation sites (tertiary alicyclic amines) is 1. The molecule has 0 aromatic heterocycles. The van der Waals surface area contributed by atoms with Crippen LogP contribution in [0.15, 0.2) is 54.6 Å². The number of hydrogen-bond acceptors (Lipinski definition) is 3. The van der Waals surface area contributed by atoms with Crippen LogP contribution in [0.2, 0.25) is 0 Å². The Balaban J connectivity index is 1.59. The number of Topliss-reactive ketones (excluding diaryl/α,β-unsaturated/α-hetero) is 1. The van der Waals surface area contributed by atoms with Crippen molar-refractivity contribution in [2.45, 2.75) is 19.3 Å². The highest BCUT2D eigenvalue weighted by atomic mass is 16.2. The molecule has 1 aliphatic heterocycles. The molecule has 1 fully saturated rings. The standard InChI is InChI=1S/C21H21N3O2/c22-14-17-8-4-10-19(12-17)23-21(26)24-11-5-9-18(15-24)20(25)13-16-6-2-1-3-7-16/h1-4,6-8,10,12,18H,5,9,11,13,15H2,(H,23,26). The Labute approximate surface area is 153 Å². The van der Waals surface area contributed by atoms with Gasteiger partial charge < -0.3 is 10.2 Å². The van der Waals surface area contributed by atoms with E-state index in [0.717, 1.165) is 18.4 Å². The highest BCUT2D eigenvalue weighted by Crippen LogP contribution is 2.20. The third kappa shape index (κ3) is 4.48. The summed E-state index contributed by atoms with van der Waals surface area (Å²) in [7, 11) is 0. The van der Waals surface area contributed by atoms with Gasteiger partial charge >= 0.3 is 6.03 Å². The first-order chi connectivity index (χ1) is 12.7. The van der Waals surface area contributed by atoms with Crippen molar-refractivity contribution in [1.82, 2.24) is 4.90 Å². The zero-order chi connectivity index (χ0) is 18.4. The molecule has 132 valence electrons. The molecule has 2 aromatic rings. The van der Waals surface area contributed by atoms with E-state index in [4.69, 9.17) is 5.26 Å². The summed E-state index contributed by atoms with van der Waals surface area (Å²) in [6.45, 7) is 1.08. The summed E-state index contributed by atoms with van der Waals surface area (Å²) in [5.74, 6) is 0.0559. The molecule has 3 rings (SSSR count). The fraction of sp³-hybridized carbons (Fsp3) is 0.286. The Bertz CT molecular complexity index is 827. The molecule has 26 heavy (non-hydrogen) atoms. The maximum Gasteiger partial charge on any atom is 0.321 e. The molecule has 5 nitrogen and oxygen atoms in total. The zero-order valence-electron chi connectivity index (χ0n) is 14.5. The van der Waals surface area contributed by atoms with Crippen molar-refractivity contribution in [2.24, 2.45) is 5.92 Å². The van der Waals surface area contributed by atoms with E-state index in [0.29, 0.717) is 30.8 Å². The largest absolute Gasteiger partial charge is 0.324 e. The molecule has 0 bridgehead atoms. The van der Waals surface area contributed by atoms with E-state index >= 15 is 0 Å². The first-order valence-corrected chi connectivity index (χ1v) is 8.78. The SMILES string of the molecule is N#Cc1cccc(NC(=O)N2CCCC(C(=O)Cc3ccccc3)C2)c1. The normalized spacial score (nSPS) is 16.6. The van der Waals surface area contributed by atoms with Gasteiger partial charge in [0.2, 0.25) is 0 Å². The Morgan fingerprint density at radius 3 is 2.73 bits per heavy atom. The van der Waals surface area contributed by atoms with Gasteiger partial charge in [-0.2, -0.15) is 5.26 Å². The Hall–Kier alpha value is -3.13. The highest BCUT2D eigenvalue weighted by molar-refractivity contribution is 5.90. The molecule has 5 heteroatoms. The highest BCUT2D eigenvalue weighted by Gasteiger charge is 2.28. The van der Waals surface area contributed by atoms with Gasteiger partial charge in [-0.1, -0.05) is 36.4 Å². The molecule has 1 aliphatic rings. The van der Waals surface area contributed by atoms with Crippen molar-refractivity contribution in [1.29, 1.82) is 5.26 Å². The Kier molecular flexibility index (Phi) is 5.65.